The third-order valence-electron chi connectivity index (χ3n) is 2.84. The van der Waals surface area contributed by atoms with Gasteiger partial charge in [0, 0.05) is 19.2 Å². The molecular weight excluding hydrogens is 204 g/mol. The lowest BCUT2D eigenvalue weighted by atomic mass is 9.95. The maximum absolute atomic E-state index is 10.0. The highest BCUT2D eigenvalue weighted by atomic mass is 16.3. The molecule has 1 fully saturated rings. The molecular formula is C11H18N4O. The Kier molecular flexibility index (Phi) is 2.71. The molecule has 0 bridgehead atoms. The zero-order chi connectivity index (χ0) is 11.8. The van der Waals surface area contributed by atoms with Crippen LogP contribution in [-0.2, 0) is 0 Å². The van der Waals surface area contributed by atoms with Crippen LogP contribution in [0.1, 0.15) is 25.6 Å². The van der Waals surface area contributed by atoms with Gasteiger partial charge in [-0.15, -0.1) is 0 Å². The van der Waals surface area contributed by atoms with Crippen molar-refractivity contribution < 1.29 is 5.11 Å². The van der Waals surface area contributed by atoms with Gasteiger partial charge in [0.1, 0.15) is 17.5 Å². The van der Waals surface area contributed by atoms with Crippen molar-refractivity contribution in [2.24, 2.45) is 0 Å². The van der Waals surface area contributed by atoms with Gasteiger partial charge in [0.05, 0.1) is 5.60 Å². The van der Waals surface area contributed by atoms with Gasteiger partial charge >= 0.3 is 0 Å². The summed E-state index contributed by atoms with van der Waals surface area (Å²) < 4.78 is 0. The van der Waals surface area contributed by atoms with E-state index in [0.29, 0.717) is 18.2 Å². The average Bonchev–Trinajstić information content (AvgIpc) is 2.14. The summed E-state index contributed by atoms with van der Waals surface area (Å²) in [5, 5.41) is 10.0. The molecule has 5 nitrogen and oxygen atoms in total. The topological polar surface area (TPSA) is 75.3 Å². The largest absolute Gasteiger partial charge is 0.388 e. The van der Waals surface area contributed by atoms with Crippen LogP contribution in [0.25, 0.3) is 0 Å². The first-order chi connectivity index (χ1) is 7.46. The van der Waals surface area contributed by atoms with Gasteiger partial charge in [0.2, 0.25) is 0 Å². The molecule has 1 unspecified atom stereocenters. The van der Waals surface area contributed by atoms with E-state index in [9.17, 15) is 5.11 Å². The van der Waals surface area contributed by atoms with Crippen molar-refractivity contribution >= 4 is 11.6 Å². The van der Waals surface area contributed by atoms with E-state index in [1.807, 2.05) is 13.8 Å². The summed E-state index contributed by atoms with van der Waals surface area (Å²) in [6, 6.07) is 1.76. The summed E-state index contributed by atoms with van der Waals surface area (Å²) in [5.41, 5.74) is 5.06. The number of rotatable bonds is 1. The lowest BCUT2D eigenvalue weighted by Gasteiger charge is -2.37. The molecule has 1 atom stereocenters. The number of β-amino-alcohol motifs (C(OH)–C–C–N with tert-alkyl or cyclic N) is 1. The van der Waals surface area contributed by atoms with Crippen LogP contribution in [0.15, 0.2) is 6.07 Å². The van der Waals surface area contributed by atoms with Gasteiger partial charge in [-0.2, -0.15) is 0 Å². The molecule has 0 aromatic carbocycles. The van der Waals surface area contributed by atoms with Crippen molar-refractivity contribution in [1.82, 2.24) is 9.97 Å². The Hall–Kier alpha value is -1.36. The van der Waals surface area contributed by atoms with Crippen LogP contribution in [0.2, 0.25) is 0 Å². The molecule has 0 amide bonds. The summed E-state index contributed by atoms with van der Waals surface area (Å²) in [6.45, 7) is 5.19. The summed E-state index contributed by atoms with van der Waals surface area (Å²) in [7, 11) is 0. The molecule has 16 heavy (non-hydrogen) atoms. The fourth-order valence-corrected chi connectivity index (χ4v) is 2.15. The Bertz CT molecular complexity index is 371. The molecule has 88 valence electrons. The number of nitrogens with two attached hydrogens (primary N) is 1. The minimum absolute atomic E-state index is 0.479. The SMILES string of the molecule is Cc1nc(N)cc(N2CCCC(C)(O)C2)n1. The van der Waals surface area contributed by atoms with Crippen molar-refractivity contribution in [1.29, 1.82) is 0 Å². The second-order valence-corrected chi connectivity index (χ2v) is 4.72. The molecule has 1 aromatic heterocycles. The van der Waals surface area contributed by atoms with Crippen molar-refractivity contribution in [2.45, 2.75) is 32.3 Å². The maximum Gasteiger partial charge on any atom is 0.134 e. The van der Waals surface area contributed by atoms with E-state index in [4.69, 9.17) is 5.73 Å². The summed E-state index contributed by atoms with van der Waals surface area (Å²) in [4.78, 5) is 10.5. The van der Waals surface area contributed by atoms with Crippen LogP contribution in [-0.4, -0.2) is 33.8 Å². The van der Waals surface area contributed by atoms with Crippen LogP contribution in [0, 0.1) is 6.92 Å². The van der Waals surface area contributed by atoms with E-state index in [2.05, 4.69) is 14.9 Å². The van der Waals surface area contributed by atoms with Gasteiger partial charge in [-0.25, -0.2) is 9.97 Å². The maximum atomic E-state index is 10.0. The number of nitrogen functional groups attached to an aromatic ring is 1. The van der Waals surface area contributed by atoms with Crippen LogP contribution >= 0.6 is 0 Å². The quantitative estimate of drug-likeness (QED) is 0.732. The molecule has 1 aliphatic rings. The summed E-state index contributed by atoms with van der Waals surface area (Å²) >= 11 is 0. The predicted molar refractivity (Wildman–Crippen MR) is 63.3 cm³/mol. The molecule has 0 saturated carbocycles. The number of anilines is 2. The zero-order valence-electron chi connectivity index (χ0n) is 9.77. The smallest absolute Gasteiger partial charge is 0.134 e. The molecule has 0 aliphatic carbocycles. The van der Waals surface area contributed by atoms with Crippen LogP contribution < -0.4 is 10.6 Å². The van der Waals surface area contributed by atoms with Gasteiger partial charge in [-0.1, -0.05) is 0 Å². The van der Waals surface area contributed by atoms with Gasteiger partial charge in [0.25, 0.3) is 0 Å². The second-order valence-electron chi connectivity index (χ2n) is 4.72. The number of aromatic nitrogens is 2. The highest BCUT2D eigenvalue weighted by Crippen LogP contribution is 2.24. The Morgan fingerprint density at radius 1 is 1.50 bits per heavy atom. The minimum atomic E-state index is -0.633. The van der Waals surface area contributed by atoms with Gasteiger partial charge in [-0.3, -0.25) is 0 Å². The first-order valence-corrected chi connectivity index (χ1v) is 5.55. The van der Waals surface area contributed by atoms with E-state index in [1.54, 1.807) is 6.07 Å². The Morgan fingerprint density at radius 2 is 2.25 bits per heavy atom. The first kappa shape index (κ1) is 11.1. The molecule has 1 aromatic rings. The third kappa shape index (κ3) is 2.41. The predicted octanol–water partition coefficient (Wildman–Crippen LogP) is 0.718. The molecule has 5 heteroatoms. The Balaban J connectivity index is 2.23. The van der Waals surface area contributed by atoms with E-state index in [1.165, 1.54) is 0 Å². The van der Waals surface area contributed by atoms with Gasteiger partial charge in [-0.05, 0) is 26.7 Å². The number of hydrogen-bond acceptors (Lipinski definition) is 5. The zero-order valence-corrected chi connectivity index (χ0v) is 9.77. The van der Waals surface area contributed by atoms with Crippen molar-refractivity contribution in [3.05, 3.63) is 11.9 Å². The van der Waals surface area contributed by atoms with Crippen molar-refractivity contribution in [3.8, 4) is 0 Å². The summed E-state index contributed by atoms with van der Waals surface area (Å²) in [6.07, 6.45) is 1.80. The summed E-state index contributed by atoms with van der Waals surface area (Å²) in [5.74, 6) is 1.96. The highest BCUT2D eigenvalue weighted by Gasteiger charge is 2.29. The number of aryl methyl sites for hydroxylation is 1. The number of piperidine rings is 1. The average molecular weight is 222 g/mol. The minimum Gasteiger partial charge on any atom is -0.388 e. The molecule has 2 rings (SSSR count). The van der Waals surface area contributed by atoms with E-state index < -0.39 is 5.60 Å². The molecule has 3 N–H and O–H groups in total. The van der Waals surface area contributed by atoms with Gasteiger partial charge in [0.15, 0.2) is 0 Å². The van der Waals surface area contributed by atoms with E-state index in [0.717, 1.165) is 25.2 Å². The van der Waals surface area contributed by atoms with E-state index >= 15 is 0 Å². The molecule has 1 aliphatic heterocycles. The standard InChI is InChI=1S/C11H18N4O/c1-8-13-9(12)6-10(14-8)15-5-3-4-11(2,16)7-15/h6,16H,3-5,7H2,1-2H3,(H2,12,13,14). The fraction of sp³-hybridized carbons (Fsp3) is 0.636. The Labute approximate surface area is 95.3 Å². The Morgan fingerprint density at radius 3 is 2.88 bits per heavy atom. The van der Waals surface area contributed by atoms with Crippen LogP contribution in [0.3, 0.4) is 0 Å². The molecule has 0 radical (unpaired) electrons. The lowest BCUT2D eigenvalue weighted by Crippen LogP contribution is -2.46. The van der Waals surface area contributed by atoms with Crippen molar-refractivity contribution in [2.75, 3.05) is 23.7 Å². The lowest BCUT2D eigenvalue weighted by molar-refractivity contribution is 0.0447. The monoisotopic (exact) mass is 222 g/mol. The molecule has 2 heterocycles. The van der Waals surface area contributed by atoms with Gasteiger partial charge < -0.3 is 15.7 Å². The van der Waals surface area contributed by atoms with Crippen LogP contribution in [0.5, 0.6) is 0 Å². The molecule has 0 spiro atoms. The highest BCUT2D eigenvalue weighted by molar-refractivity contribution is 5.47. The number of aliphatic hydroxyl groups is 1. The number of hydrogen-bond donors (Lipinski definition) is 2. The van der Waals surface area contributed by atoms with Crippen molar-refractivity contribution in [3.63, 3.8) is 0 Å². The molecule has 1 saturated heterocycles. The normalized spacial score (nSPS) is 25.8. The van der Waals surface area contributed by atoms with Crippen LogP contribution in [0.4, 0.5) is 11.6 Å². The number of nitrogens with zero attached hydrogens (tertiary/aromatic N) is 3. The second kappa shape index (κ2) is 3.90. The fourth-order valence-electron chi connectivity index (χ4n) is 2.15. The first-order valence-electron chi connectivity index (χ1n) is 5.55. The van der Waals surface area contributed by atoms with E-state index in [-0.39, 0.29) is 0 Å². The third-order valence-corrected chi connectivity index (χ3v) is 2.84.